The van der Waals surface area contributed by atoms with Gasteiger partial charge in [-0.05, 0) is 40.8 Å². The Morgan fingerprint density at radius 1 is 0.552 bits per heavy atom. The largest absolute Gasteiger partial charge is 0.255 e. The summed E-state index contributed by atoms with van der Waals surface area (Å²) < 4.78 is 0. The van der Waals surface area contributed by atoms with Crippen LogP contribution in [0.15, 0.2) is 109 Å². The first-order valence-electron chi connectivity index (χ1n) is 9.51. The van der Waals surface area contributed by atoms with E-state index in [1.165, 1.54) is 27.1 Å². The summed E-state index contributed by atoms with van der Waals surface area (Å²) in [6.07, 6.45) is 1.80. The highest BCUT2D eigenvalue weighted by atomic mass is 32.1. The van der Waals surface area contributed by atoms with Gasteiger partial charge >= 0.3 is 0 Å². The Kier molecular flexibility index (Phi) is 4.73. The molecule has 2 aromatic carbocycles. The fourth-order valence-corrected chi connectivity index (χ4v) is 4.56. The van der Waals surface area contributed by atoms with E-state index in [4.69, 9.17) is 4.98 Å². The minimum atomic E-state index is 0.885. The second-order valence-corrected chi connectivity index (χ2v) is 7.59. The highest BCUT2D eigenvalue weighted by Gasteiger charge is 2.18. The smallest absolute Gasteiger partial charge is 0.0894 e. The van der Waals surface area contributed by atoms with Gasteiger partial charge in [0.2, 0.25) is 0 Å². The van der Waals surface area contributed by atoms with E-state index < -0.39 is 0 Å². The van der Waals surface area contributed by atoms with Crippen molar-refractivity contribution in [1.82, 2.24) is 9.97 Å². The summed E-state index contributed by atoms with van der Waals surface area (Å²) in [4.78, 5) is 10.6. The van der Waals surface area contributed by atoms with Crippen molar-refractivity contribution in [2.24, 2.45) is 0 Å². The average molecular weight is 391 g/mol. The molecular formula is C26H18N2S. The lowest BCUT2D eigenvalue weighted by molar-refractivity contribution is 1.25. The maximum absolute atomic E-state index is 4.95. The fourth-order valence-electron chi connectivity index (χ4n) is 3.49. The molecule has 0 atom stereocenters. The van der Waals surface area contributed by atoms with Gasteiger partial charge in [-0.3, -0.25) is 4.98 Å². The second kappa shape index (κ2) is 7.82. The van der Waals surface area contributed by atoms with Gasteiger partial charge < -0.3 is 0 Å². The Hall–Kier alpha value is -3.56. The van der Waals surface area contributed by atoms with Crippen molar-refractivity contribution < 1.29 is 0 Å². The molecule has 0 unspecified atom stereocenters. The summed E-state index contributed by atoms with van der Waals surface area (Å²) in [5.41, 5.74) is 7.63. The lowest BCUT2D eigenvalue weighted by Gasteiger charge is -2.09. The fraction of sp³-hybridized carbons (Fsp3) is 0. The zero-order chi connectivity index (χ0) is 19.5. The van der Waals surface area contributed by atoms with Crippen LogP contribution in [0.25, 0.3) is 44.2 Å². The molecule has 5 aromatic rings. The minimum Gasteiger partial charge on any atom is -0.255 e. The first-order valence-corrected chi connectivity index (χ1v) is 10.4. The first-order chi connectivity index (χ1) is 14.4. The number of thiophene rings is 1. The molecule has 0 N–H and O–H groups in total. The summed E-state index contributed by atoms with van der Waals surface area (Å²) in [6, 6.07) is 33.2. The van der Waals surface area contributed by atoms with Crippen molar-refractivity contribution in [2.45, 2.75) is 0 Å². The maximum Gasteiger partial charge on any atom is 0.0894 e. The summed E-state index contributed by atoms with van der Waals surface area (Å²) in [5.74, 6) is 0. The standard InChI is InChI=1S/C26H18N2S/c1-3-10-19(11-4-1)21-18-29-26(25(21)20-12-5-2-6-13-20)24-16-9-15-23(28-24)22-14-7-8-17-27-22/h1-18H. The van der Waals surface area contributed by atoms with Gasteiger partial charge in [0.15, 0.2) is 0 Å². The van der Waals surface area contributed by atoms with Crippen molar-refractivity contribution in [3.8, 4) is 44.2 Å². The molecule has 3 heterocycles. The van der Waals surface area contributed by atoms with Crippen LogP contribution in [0, 0.1) is 0 Å². The number of pyridine rings is 2. The molecule has 3 heteroatoms. The molecule has 0 amide bonds. The summed E-state index contributed by atoms with van der Waals surface area (Å²) in [6.45, 7) is 0. The van der Waals surface area contributed by atoms with Gasteiger partial charge in [0.25, 0.3) is 0 Å². The Bertz CT molecular complexity index is 1230. The van der Waals surface area contributed by atoms with E-state index in [9.17, 15) is 0 Å². The predicted molar refractivity (Wildman–Crippen MR) is 122 cm³/mol. The third-order valence-electron chi connectivity index (χ3n) is 4.85. The van der Waals surface area contributed by atoms with Gasteiger partial charge in [-0.1, -0.05) is 72.8 Å². The van der Waals surface area contributed by atoms with Crippen LogP contribution in [0.3, 0.4) is 0 Å². The molecule has 29 heavy (non-hydrogen) atoms. The van der Waals surface area contributed by atoms with Gasteiger partial charge in [-0.25, -0.2) is 4.98 Å². The molecule has 0 spiro atoms. The average Bonchev–Trinajstić information content (AvgIpc) is 3.26. The normalized spacial score (nSPS) is 10.8. The van der Waals surface area contributed by atoms with Crippen LogP contribution in [0.4, 0.5) is 0 Å². The first kappa shape index (κ1) is 17.5. The Morgan fingerprint density at radius 3 is 1.93 bits per heavy atom. The molecule has 0 radical (unpaired) electrons. The van der Waals surface area contributed by atoms with E-state index in [0.717, 1.165) is 17.1 Å². The number of rotatable bonds is 4. The summed E-state index contributed by atoms with van der Waals surface area (Å²) in [5, 5.41) is 2.24. The maximum atomic E-state index is 4.95. The lowest BCUT2D eigenvalue weighted by atomic mass is 9.96. The number of hydrogen-bond donors (Lipinski definition) is 0. The number of nitrogens with zero attached hydrogens (tertiary/aromatic N) is 2. The summed E-state index contributed by atoms with van der Waals surface area (Å²) in [7, 11) is 0. The molecule has 0 saturated carbocycles. The van der Waals surface area contributed by atoms with Crippen molar-refractivity contribution in [2.75, 3.05) is 0 Å². The van der Waals surface area contributed by atoms with Gasteiger partial charge in [0.05, 0.1) is 22.0 Å². The molecule has 0 aliphatic rings. The zero-order valence-corrected chi connectivity index (χ0v) is 16.5. The molecule has 2 nitrogen and oxygen atoms in total. The summed E-state index contributed by atoms with van der Waals surface area (Å²) >= 11 is 1.74. The van der Waals surface area contributed by atoms with E-state index in [2.05, 4.69) is 83.2 Å². The number of hydrogen-bond acceptors (Lipinski definition) is 3. The van der Waals surface area contributed by atoms with Crippen LogP contribution in [-0.4, -0.2) is 9.97 Å². The Morgan fingerprint density at radius 2 is 1.21 bits per heavy atom. The third-order valence-corrected chi connectivity index (χ3v) is 5.85. The molecule has 0 saturated heterocycles. The number of benzene rings is 2. The van der Waals surface area contributed by atoms with E-state index in [-0.39, 0.29) is 0 Å². The van der Waals surface area contributed by atoms with Crippen molar-refractivity contribution in [3.05, 3.63) is 109 Å². The SMILES string of the molecule is c1ccc(-c2csc(-c3cccc(-c4ccccn4)n3)c2-c2ccccc2)cc1. The molecular weight excluding hydrogens is 372 g/mol. The van der Waals surface area contributed by atoms with Crippen LogP contribution in [0.1, 0.15) is 0 Å². The van der Waals surface area contributed by atoms with Crippen LogP contribution in [-0.2, 0) is 0 Å². The molecule has 0 aliphatic heterocycles. The highest BCUT2D eigenvalue weighted by Crippen LogP contribution is 2.44. The quantitative estimate of drug-likeness (QED) is 0.324. The molecule has 3 aromatic heterocycles. The third kappa shape index (κ3) is 3.48. The monoisotopic (exact) mass is 390 g/mol. The molecule has 0 bridgehead atoms. The minimum absolute atomic E-state index is 0.885. The van der Waals surface area contributed by atoms with E-state index in [0.29, 0.717) is 0 Å². The van der Waals surface area contributed by atoms with Crippen LogP contribution in [0.5, 0.6) is 0 Å². The zero-order valence-electron chi connectivity index (χ0n) is 15.7. The van der Waals surface area contributed by atoms with Crippen LogP contribution in [0.2, 0.25) is 0 Å². The molecule has 138 valence electrons. The van der Waals surface area contributed by atoms with E-state index in [1.54, 1.807) is 17.5 Å². The van der Waals surface area contributed by atoms with Gasteiger partial charge in [-0.15, -0.1) is 11.3 Å². The highest BCUT2D eigenvalue weighted by molar-refractivity contribution is 7.14. The van der Waals surface area contributed by atoms with Crippen molar-refractivity contribution in [1.29, 1.82) is 0 Å². The topological polar surface area (TPSA) is 25.8 Å². The Balaban J connectivity index is 1.70. The van der Waals surface area contributed by atoms with Crippen molar-refractivity contribution in [3.63, 3.8) is 0 Å². The number of aromatic nitrogens is 2. The molecule has 0 aliphatic carbocycles. The van der Waals surface area contributed by atoms with Gasteiger partial charge in [-0.2, -0.15) is 0 Å². The van der Waals surface area contributed by atoms with Crippen LogP contribution >= 0.6 is 11.3 Å². The van der Waals surface area contributed by atoms with Gasteiger partial charge in [0.1, 0.15) is 0 Å². The molecule has 5 rings (SSSR count). The van der Waals surface area contributed by atoms with Gasteiger partial charge in [0, 0.05) is 17.3 Å². The van der Waals surface area contributed by atoms with Crippen LogP contribution < -0.4 is 0 Å². The molecule has 0 fully saturated rings. The Labute approximate surface area is 174 Å². The predicted octanol–water partition coefficient (Wildman–Crippen LogP) is 7.21. The van der Waals surface area contributed by atoms with E-state index >= 15 is 0 Å². The lowest BCUT2D eigenvalue weighted by Crippen LogP contribution is -1.90. The second-order valence-electron chi connectivity index (χ2n) is 6.71. The van der Waals surface area contributed by atoms with E-state index in [1.807, 2.05) is 24.3 Å². The van der Waals surface area contributed by atoms with Crippen molar-refractivity contribution >= 4 is 11.3 Å².